The molecule has 0 radical (unpaired) electrons. The summed E-state index contributed by atoms with van der Waals surface area (Å²) in [6.45, 7) is 0. The van der Waals surface area contributed by atoms with Gasteiger partial charge in [0.2, 0.25) is 0 Å². The Hall–Kier alpha value is -6.79. The Balaban J connectivity index is 1.06. The van der Waals surface area contributed by atoms with Crippen LogP contribution >= 0.6 is 0 Å². The smallest absolute Gasteiger partial charge is 0.164 e. The van der Waals surface area contributed by atoms with Gasteiger partial charge in [0.05, 0.1) is 11.4 Å². The van der Waals surface area contributed by atoms with Gasteiger partial charge in [-0.2, -0.15) is 0 Å². The van der Waals surface area contributed by atoms with Gasteiger partial charge < -0.3 is 4.74 Å². The molecule has 0 atom stereocenters. The molecule has 0 aliphatic carbocycles. The van der Waals surface area contributed by atoms with E-state index in [0.29, 0.717) is 29.0 Å². The van der Waals surface area contributed by atoms with Gasteiger partial charge in [0.15, 0.2) is 23.3 Å². The minimum Gasteiger partial charge on any atom is -0.457 e. The maximum absolute atomic E-state index is 6.25. The van der Waals surface area contributed by atoms with Gasteiger partial charge in [-0.3, -0.25) is 0 Å². The number of hydrogen-bond acceptors (Lipinski definition) is 6. The summed E-state index contributed by atoms with van der Waals surface area (Å²) in [6.07, 6.45) is 0. The standard InChI is InChI=1S/C43H29N5O/c1-5-13-30(14-6-1)38-29-39(45-40(44-38)32-15-7-2-8-16-32)31-21-25-36(26-22-31)49-37-27-23-35(24-28-37)43-47-41(33-17-9-3-10-18-33)46-42(48-43)34-19-11-4-12-20-34/h1-29H. The zero-order valence-corrected chi connectivity index (χ0v) is 26.4. The summed E-state index contributed by atoms with van der Waals surface area (Å²) in [6, 6.07) is 57.9. The fourth-order valence-electron chi connectivity index (χ4n) is 5.51. The molecular formula is C43H29N5O. The van der Waals surface area contributed by atoms with E-state index in [0.717, 1.165) is 50.5 Å². The number of benzene rings is 6. The molecule has 8 rings (SSSR count). The fourth-order valence-corrected chi connectivity index (χ4v) is 5.51. The number of ether oxygens (including phenoxy) is 1. The minimum atomic E-state index is 0.596. The van der Waals surface area contributed by atoms with E-state index in [1.54, 1.807) is 0 Å². The number of rotatable bonds is 8. The van der Waals surface area contributed by atoms with Gasteiger partial charge in [-0.15, -0.1) is 0 Å². The van der Waals surface area contributed by atoms with Gasteiger partial charge in [-0.25, -0.2) is 24.9 Å². The highest BCUT2D eigenvalue weighted by Crippen LogP contribution is 2.31. The fraction of sp³-hybridized carbons (Fsp3) is 0. The third-order valence-corrected chi connectivity index (χ3v) is 8.03. The molecule has 0 saturated heterocycles. The van der Waals surface area contributed by atoms with Crippen LogP contribution in [0.2, 0.25) is 0 Å². The lowest BCUT2D eigenvalue weighted by atomic mass is 10.1. The van der Waals surface area contributed by atoms with Crippen molar-refractivity contribution < 1.29 is 4.74 Å². The number of aromatic nitrogens is 5. The van der Waals surface area contributed by atoms with Crippen LogP contribution in [-0.4, -0.2) is 24.9 Å². The Morgan fingerprint density at radius 2 is 0.551 bits per heavy atom. The van der Waals surface area contributed by atoms with E-state index in [2.05, 4.69) is 12.1 Å². The van der Waals surface area contributed by atoms with Crippen molar-refractivity contribution in [1.29, 1.82) is 0 Å². The summed E-state index contributed by atoms with van der Waals surface area (Å²) in [5.41, 5.74) is 7.42. The first-order valence-electron chi connectivity index (χ1n) is 16.0. The molecule has 49 heavy (non-hydrogen) atoms. The Morgan fingerprint density at radius 1 is 0.265 bits per heavy atom. The lowest BCUT2D eigenvalue weighted by Crippen LogP contribution is -2.00. The van der Waals surface area contributed by atoms with Gasteiger partial charge in [0.25, 0.3) is 0 Å². The highest BCUT2D eigenvalue weighted by atomic mass is 16.5. The summed E-state index contributed by atoms with van der Waals surface area (Å²) in [5, 5.41) is 0. The van der Waals surface area contributed by atoms with Crippen LogP contribution in [0.1, 0.15) is 0 Å². The van der Waals surface area contributed by atoms with Gasteiger partial charge in [-0.1, -0.05) is 121 Å². The molecule has 0 saturated carbocycles. The molecule has 0 aliphatic rings. The summed E-state index contributed by atoms with van der Waals surface area (Å²) in [7, 11) is 0. The Bertz CT molecular complexity index is 2030. The monoisotopic (exact) mass is 631 g/mol. The molecule has 0 fully saturated rings. The maximum Gasteiger partial charge on any atom is 0.164 e. The van der Waals surface area contributed by atoms with E-state index in [-0.39, 0.29) is 0 Å². The average molecular weight is 632 g/mol. The lowest BCUT2D eigenvalue weighted by molar-refractivity contribution is 0.483. The Morgan fingerprint density at radius 3 is 0.939 bits per heavy atom. The molecule has 0 N–H and O–H groups in total. The number of nitrogens with zero attached hydrogens (tertiary/aromatic N) is 5. The van der Waals surface area contributed by atoms with Gasteiger partial charge in [0.1, 0.15) is 11.5 Å². The largest absolute Gasteiger partial charge is 0.457 e. The molecule has 2 heterocycles. The van der Waals surface area contributed by atoms with Crippen LogP contribution in [-0.2, 0) is 0 Å². The van der Waals surface area contributed by atoms with Crippen LogP contribution in [0, 0.1) is 0 Å². The quantitative estimate of drug-likeness (QED) is 0.166. The predicted molar refractivity (Wildman–Crippen MR) is 195 cm³/mol. The van der Waals surface area contributed by atoms with Crippen LogP contribution in [0.3, 0.4) is 0 Å². The Labute approximate surface area is 284 Å². The van der Waals surface area contributed by atoms with Crippen LogP contribution < -0.4 is 4.74 Å². The van der Waals surface area contributed by atoms with Crippen molar-refractivity contribution in [2.75, 3.05) is 0 Å². The van der Waals surface area contributed by atoms with Crippen LogP contribution in [0.4, 0.5) is 0 Å². The van der Waals surface area contributed by atoms with Gasteiger partial charge >= 0.3 is 0 Å². The van der Waals surface area contributed by atoms with Crippen molar-refractivity contribution in [2.24, 2.45) is 0 Å². The first-order chi connectivity index (χ1) is 24.2. The first-order valence-corrected chi connectivity index (χ1v) is 16.0. The molecule has 0 amide bonds. The van der Waals surface area contributed by atoms with E-state index in [1.165, 1.54) is 0 Å². The summed E-state index contributed by atoms with van der Waals surface area (Å²) in [5.74, 6) is 3.95. The molecule has 0 aliphatic heterocycles. The average Bonchev–Trinajstić information content (AvgIpc) is 3.19. The van der Waals surface area contributed by atoms with Crippen molar-refractivity contribution in [3.63, 3.8) is 0 Å². The second kappa shape index (κ2) is 13.5. The summed E-state index contributed by atoms with van der Waals surface area (Å²) < 4.78 is 6.25. The first kappa shape index (κ1) is 29.6. The highest BCUT2D eigenvalue weighted by Gasteiger charge is 2.13. The topological polar surface area (TPSA) is 73.7 Å². The molecule has 0 unspecified atom stereocenters. The molecule has 6 aromatic carbocycles. The summed E-state index contributed by atoms with van der Waals surface area (Å²) in [4.78, 5) is 24.3. The molecular weight excluding hydrogens is 603 g/mol. The van der Waals surface area contributed by atoms with Gasteiger partial charge in [-0.05, 0) is 54.6 Å². The molecule has 232 valence electrons. The molecule has 6 nitrogen and oxygen atoms in total. The lowest BCUT2D eigenvalue weighted by Gasteiger charge is -2.11. The third-order valence-electron chi connectivity index (χ3n) is 8.03. The van der Waals surface area contributed by atoms with Crippen molar-refractivity contribution in [1.82, 2.24) is 24.9 Å². The van der Waals surface area contributed by atoms with Crippen molar-refractivity contribution >= 4 is 0 Å². The molecule has 0 bridgehead atoms. The molecule has 2 aromatic heterocycles. The van der Waals surface area contributed by atoms with Crippen molar-refractivity contribution in [3.05, 3.63) is 176 Å². The van der Waals surface area contributed by atoms with Crippen LogP contribution in [0.5, 0.6) is 11.5 Å². The second-order valence-corrected chi connectivity index (χ2v) is 11.4. The van der Waals surface area contributed by atoms with E-state index >= 15 is 0 Å². The van der Waals surface area contributed by atoms with E-state index in [9.17, 15) is 0 Å². The predicted octanol–water partition coefficient (Wildman–Crippen LogP) is 10.5. The van der Waals surface area contributed by atoms with Crippen LogP contribution in [0.25, 0.3) is 68.1 Å². The Kier molecular flexibility index (Phi) is 8.17. The van der Waals surface area contributed by atoms with E-state index in [1.807, 2.05) is 164 Å². The normalized spacial score (nSPS) is 10.9. The number of hydrogen-bond donors (Lipinski definition) is 0. The SMILES string of the molecule is c1ccc(-c2cc(-c3ccc(Oc4ccc(-c5nc(-c6ccccc6)nc(-c6ccccc6)n5)cc4)cc3)nc(-c3ccccc3)n2)cc1. The molecule has 8 aromatic rings. The third kappa shape index (κ3) is 6.70. The maximum atomic E-state index is 6.25. The van der Waals surface area contributed by atoms with Crippen molar-refractivity contribution in [2.45, 2.75) is 0 Å². The van der Waals surface area contributed by atoms with Crippen LogP contribution in [0.15, 0.2) is 176 Å². The van der Waals surface area contributed by atoms with Gasteiger partial charge in [0, 0.05) is 33.4 Å². The van der Waals surface area contributed by atoms with E-state index in [4.69, 9.17) is 29.7 Å². The zero-order valence-electron chi connectivity index (χ0n) is 26.4. The van der Waals surface area contributed by atoms with E-state index < -0.39 is 0 Å². The highest BCUT2D eigenvalue weighted by molar-refractivity contribution is 5.72. The zero-order chi connectivity index (χ0) is 32.8. The summed E-state index contributed by atoms with van der Waals surface area (Å²) >= 11 is 0. The molecule has 0 spiro atoms. The minimum absolute atomic E-state index is 0.596. The second-order valence-electron chi connectivity index (χ2n) is 11.4. The van der Waals surface area contributed by atoms with Crippen molar-refractivity contribution in [3.8, 4) is 79.6 Å². The molecule has 6 heteroatoms.